The van der Waals surface area contributed by atoms with E-state index in [-0.39, 0.29) is 6.03 Å². The fourth-order valence-electron chi connectivity index (χ4n) is 3.96. The number of amides is 2. The topological polar surface area (TPSA) is 62.2 Å². The largest absolute Gasteiger partial charge is 0.338 e. The minimum absolute atomic E-state index is 0.101. The lowest BCUT2D eigenvalue weighted by Gasteiger charge is -2.39. The van der Waals surface area contributed by atoms with Crippen LogP contribution in [-0.4, -0.2) is 53.4 Å². The summed E-state index contributed by atoms with van der Waals surface area (Å²) in [4.78, 5) is 14.4. The fourth-order valence-corrected chi connectivity index (χ4v) is 3.96. The highest BCUT2D eigenvalue weighted by molar-refractivity contribution is 5.74. The maximum Gasteiger partial charge on any atom is 0.317 e. The van der Waals surface area contributed by atoms with Crippen LogP contribution >= 0.6 is 0 Å². The Hall–Kier alpha value is -1.56. The Morgan fingerprint density at radius 3 is 3.00 bits per heavy atom. The highest BCUT2D eigenvalue weighted by Gasteiger charge is 2.39. The molecule has 3 heterocycles. The van der Waals surface area contributed by atoms with Crippen molar-refractivity contribution in [2.75, 3.05) is 32.7 Å². The lowest BCUT2D eigenvalue weighted by molar-refractivity contribution is 0.118. The Bertz CT molecular complexity index is 547. The van der Waals surface area contributed by atoms with Gasteiger partial charge in [-0.1, -0.05) is 0 Å². The first kappa shape index (κ1) is 16.3. The zero-order valence-electron chi connectivity index (χ0n) is 14.4. The molecular formula is C17H29N5O. The molecule has 6 nitrogen and oxygen atoms in total. The van der Waals surface area contributed by atoms with Crippen molar-refractivity contribution in [3.63, 3.8) is 0 Å². The first-order valence-corrected chi connectivity index (χ1v) is 8.83. The van der Waals surface area contributed by atoms with Crippen LogP contribution in [-0.2, 0) is 6.54 Å². The highest BCUT2D eigenvalue weighted by atomic mass is 16.2. The van der Waals surface area contributed by atoms with Gasteiger partial charge in [0.15, 0.2) is 0 Å². The van der Waals surface area contributed by atoms with Gasteiger partial charge in [-0.05, 0) is 52.1 Å². The molecule has 1 aromatic rings. The van der Waals surface area contributed by atoms with Crippen molar-refractivity contribution >= 4 is 6.03 Å². The molecule has 6 heteroatoms. The number of nitrogens with zero attached hydrogens (tertiary/aromatic N) is 3. The Morgan fingerprint density at radius 1 is 1.43 bits per heavy atom. The monoisotopic (exact) mass is 319 g/mol. The van der Waals surface area contributed by atoms with Gasteiger partial charge in [0, 0.05) is 43.8 Å². The van der Waals surface area contributed by atoms with Crippen molar-refractivity contribution in [2.24, 2.45) is 5.41 Å². The molecule has 2 amide bonds. The number of urea groups is 1. The maximum absolute atomic E-state index is 12.4. The number of likely N-dealkylation sites (tertiary alicyclic amines) is 1. The predicted octanol–water partition coefficient (Wildman–Crippen LogP) is 1.68. The number of carbonyl (C=O) groups is 1. The Kier molecular flexibility index (Phi) is 4.90. The summed E-state index contributed by atoms with van der Waals surface area (Å²) >= 11 is 0. The molecule has 0 bridgehead atoms. The zero-order chi connectivity index (χ0) is 16.3. The maximum atomic E-state index is 12.4. The van der Waals surface area contributed by atoms with Crippen LogP contribution in [0.2, 0.25) is 0 Å². The number of carbonyl (C=O) groups excluding carboxylic acids is 1. The van der Waals surface area contributed by atoms with E-state index >= 15 is 0 Å². The Labute approximate surface area is 138 Å². The summed E-state index contributed by atoms with van der Waals surface area (Å²) in [5.41, 5.74) is 2.56. The average molecular weight is 319 g/mol. The number of piperidine rings is 1. The summed E-state index contributed by atoms with van der Waals surface area (Å²) in [5.74, 6) is 0. The fraction of sp³-hybridized carbons (Fsp3) is 0.765. The van der Waals surface area contributed by atoms with Gasteiger partial charge < -0.3 is 15.5 Å². The van der Waals surface area contributed by atoms with Crippen LogP contribution in [0.25, 0.3) is 0 Å². The van der Waals surface area contributed by atoms with E-state index in [9.17, 15) is 4.79 Å². The van der Waals surface area contributed by atoms with E-state index in [0.29, 0.717) is 12.0 Å². The average Bonchev–Trinajstić information content (AvgIpc) is 3.10. The molecule has 1 atom stereocenters. The second kappa shape index (κ2) is 6.91. The molecule has 2 N–H and O–H groups in total. The number of aryl methyl sites for hydroxylation is 3. The van der Waals surface area contributed by atoms with Gasteiger partial charge in [-0.2, -0.15) is 5.10 Å². The minimum Gasteiger partial charge on any atom is -0.338 e. The smallest absolute Gasteiger partial charge is 0.317 e. The molecule has 2 saturated heterocycles. The van der Waals surface area contributed by atoms with Crippen LogP contribution in [0.1, 0.15) is 37.1 Å². The highest BCUT2D eigenvalue weighted by Crippen LogP contribution is 2.35. The molecule has 0 unspecified atom stereocenters. The van der Waals surface area contributed by atoms with E-state index in [0.717, 1.165) is 51.3 Å². The molecule has 0 radical (unpaired) electrons. The number of nitrogens with one attached hydrogen (secondary N) is 2. The molecule has 0 saturated carbocycles. The van der Waals surface area contributed by atoms with Crippen molar-refractivity contribution in [3.05, 3.63) is 17.5 Å². The molecule has 128 valence electrons. The van der Waals surface area contributed by atoms with Gasteiger partial charge >= 0.3 is 6.03 Å². The molecule has 1 spiro atoms. The summed E-state index contributed by atoms with van der Waals surface area (Å²) in [6.07, 6.45) is 4.49. The molecule has 3 rings (SSSR count). The molecule has 23 heavy (non-hydrogen) atoms. The number of hydrogen-bond acceptors (Lipinski definition) is 3. The third kappa shape index (κ3) is 3.86. The molecular weight excluding hydrogens is 290 g/mol. The standard InChI is InChI=1S/C17H29N5O/c1-14-11-15(2)22(20-14)10-4-7-19-16(23)21-9-3-5-17(13-21)6-8-18-12-17/h11,18H,3-10,12-13H2,1-2H3,(H,19,23)/t17-/m0/s1. The third-order valence-corrected chi connectivity index (χ3v) is 5.21. The van der Waals surface area contributed by atoms with Crippen molar-refractivity contribution < 1.29 is 4.79 Å². The SMILES string of the molecule is Cc1cc(C)n(CCCNC(=O)N2CCC[C@@]3(CCNC3)C2)n1. The van der Waals surface area contributed by atoms with Crippen LogP contribution < -0.4 is 10.6 Å². The second-order valence-corrected chi connectivity index (χ2v) is 7.19. The van der Waals surface area contributed by atoms with E-state index in [1.165, 1.54) is 18.5 Å². The Morgan fingerprint density at radius 2 is 2.30 bits per heavy atom. The van der Waals surface area contributed by atoms with E-state index < -0.39 is 0 Å². The van der Waals surface area contributed by atoms with Gasteiger partial charge in [-0.3, -0.25) is 4.68 Å². The summed E-state index contributed by atoms with van der Waals surface area (Å²) in [7, 11) is 0. The molecule has 0 aromatic carbocycles. The summed E-state index contributed by atoms with van der Waals surface area (Å²) in [6.45, 7) is 9.60. The predicted molar refractivity (Wildman–Crippen MR) is 90.4 cm³/mol. The van der Waals surface area contributed by atoms with Crippen molar-refractivity contribution in [3.8, 4) is 0 Å². The van der Waals surface area contributed by atoms with Crippen LogP contribution in [0, 0.1) is 19.3 Å². The molecule has 2 aliphatic rings. The quantitative estimate of drug-likeness (QED) is 0.830. The van der Waals surface area contributed by atoms with E-state index in [1.54, 1.807) is 0 Å². The van der Waals surface area contributed by atoms with Crippen molar-refractivity contribution in [1.29, 1.82) is 0 Å². The summed E-state index contributed by atoms with van der Waals surface area (Å²) < 4.78 is 2.02. The van der Waals surface area contributed by atoms with Crippen LogP contribution in [0.5, 0.6) is 0 Å². The van der Waals surface area contributed by atoms with Crippen LogP contribution in [0.15, 0.2) is 6.07 Å². The first-order valence-electron chi connectivity index (χ1n) is 8.83. The third-order valence-electron chi connectivity index (χ3n) is 5.21. The number of hydrogen-bond donors (Lipinski definition) is 2. The van der Waals surface area contributed by atoms with Gasteiger partial charge in [0.1, 0.15) is 0 Å². The first-order chi connectivity index (χ1) is 11.1. The molecule has 0 aliphatic carbocycles. The van der Waals surface area contributed by atoms with Crippen LogP contribution in [0.4, 0.5) is 4.79 Å². The van der Waals surface area contributed by atoms with Crippen LogP contribution in [0.3, 0.4) is 0 Å². The summed E-state index contributed by atoms with van der Waals surface area (Å²) in [5, 5.41) is 11.0. The Balaban J connectivity index is 1.41. The lowest BCUT2D eigenvalue weighted by atomic mass is 9.79. The van der Waals surface area contributed by atoms with Gasteiger partial charge in [0.05, 0.1) is 5.69 Å². The molecule has 1 aromatic heterocycles. The van der Waals surface area contributed by atoms with E-state index in [4.69, 9.17) is 0 Å². The van der Waals surface area contributed by atoms with E-state index in [1.807, 2.05) is 16.5 Å². The zero-order valence-corrected chi connectivity index (χ0v) is 14.4. The normalized spacial score (nSPS) is 24.3. The summed E-state index contributed by atoms with van der Waals surface area (Å²) in [6, 6.07) is 2.19. The minimum atomic E-state index is 0.101. The van der Waals surface area contributed by atoms with Crippen molar-refractivity contribution in [2.45, 2.75) is 46.1 Å². The van der Waals surface area contributed by atoms with Gasteiger partial charge in [0.2, 0.25) is 0 Å². The van der Waals surface area contributed by atoms with E-state index in [2.05, 4.69) is 28.7 Å². The molecule has 2 fully saturated rings. The van der Waals surface area contributed by atoms with Crippen molar-refractivity contribution in [1.82, 2.24) is 25.3 Å². The van der Waals surface area contributed by atoms with Gasteiger partial charge in [0.25, 0.3) is 0 Å². The second-order valence-electron chi connectivity index (χ2n) is 7.19. The lowest BCUT2D eigenvalue weighted by Crippen LogP contribution is -2.50. The molecule has 2 aliphatic heterocycles. The van der Waals surface area contributed by atoms with Gasteiger partial charge in [-0.15, -0.1) is 0 Å². The number of rotatable bonds is 4. The van der Waals surface area contributed by atoms with Gasteiger partial charge in [-0.25, -0.2) is 4.79 Å². The number of aromatic nitrogens is 2.